The highest BCUT2D eigenvalue weighted by molar-refractivity contribution is 5.86. The van der Waals surface area contributed by atoms with E-state index >= 15 is 0 Å². The van der Waals surface area contributed by atoms with Crippen molar-refractivity contribution >= 4 is 18.0 Å². The van der Waals surface area contributed by atoms with Gasteiger partial charge in [0.05, 0.1) is 6.42 Å². The molecule has 1 aliphatic rings. The molecule has 1 saturated heterocycles. The number of hydrogen-bond acceptors (Lipinski definition) is 5. The van der Waals surface area contributed by atoms with E-state index in [1.54, 1.807) is 27.7 Å². The van der Waals surface area contributed by atoms with Gasteiger partial charge in [0.25, 0.3) is 0 Å². The van der Waals surface area contributed by atoms with Crippen molar-refractivity contribution in [2.45, 2.75) is 71.2 Å². The second kappa shape index (κ2) is 9.57. The number of carbonyl (C=O) groups is 3. The quantitative estimate of drug-likeness (QED) is 0.755. The summed E-state index contributed by atoms with van der Waals surface area (Å²) in [5.74, 6) is -0.654. The molecule has 0 bridgehead atoms. The van der Waals surface area contributed by atoms with Crippen molar-refractivity contribution in [3.05, 3.63) is 35.9 Å². The Hall–Kier alpha value is -2.57. The molecule has 0 unspecified atom stereocenters. The van der Waals surface area contributed by atoms with Crippen LogP contribution >= 0.6 is 0 Å². The Balaban J connectivity index is 1.80. The van der Waals surface area contributed by atoms with Gasteiger partial charge in [-0.15, -0.1) is 0 Å². The van der Waals surface area contributed by atoms with Crippen LogP contribution in [0.4, 0.5) is 4.79 Å². The summed E-state index contributed by atoms with van der Waals surface area (Å²) in [4.78, 5) is 38.4. The molecule has 0 aliphatic carbocycles. The van der Waals surface area contributed by atoms with E-state index in [1.165, 1.54) is 4.90 Å². The molecule has 0 spiro atoms. The minimum absolute atomic E-state index is 0.0672. The third-order valence-electron chi connectivity index (χ3n) is 4.29. The van der Waals surface area contributed by atoms with E-state index in [0.29, 0.717) is 13.0 Å². The van der Waals surface area contributed by atoms with E-state index in [2.05, 4.69) is 5.32 Å². The number of rotatable bonds is 6. The first kappa shape index (κ1) is 21.7. The summed E-state index contributed by atoms with van der Waals surface area (Å²) in [5, 5.41) is 2.81. The molecular formula is C21H30N2O5. The van der Waals surface area contributed by atoms with Gasteiger partial charge in [-0.2, -0.15) is 0 Å². The van der Waals surface area contributed by atoms with Crippen LogP contribution in [0.3, 0.4) is 0 Å². The van der Waals surface area contributed by atoms with Gasteiger partial charge in [-0.05, 0) is 46.1 Å². The van der Waals surface area contributed by atoms with Crippen molar-refractivity contribution < 1.29 is 23.9 Å². The van der Waals surface area contributed by atoms with Gasteiger partial charge in [-0.3, -0.25) is 14.5 Å². The van der Waals surface area contributed by atoms with Crippen LogP contribution in [0.2, 0.25) is 0 Å². The van der Waals surface area contributed by atoms with Crippen LogP contribution in [0.25, 0.3) is 0 Å². The number of ether oxygens (including phenoxy) is 2. The summed E-state index contributed by atoms with van der Waals surface area (Å²) in [6, 6.07) is 8.45. The predicted octanol–water partition coefficient (Wildman–Crippen LogP) is 3.02. The number of esters is 1. The van der Waals surface area contributed by atoms with Gasteiger partial charge in [0.2, 0.25) is 5.91 Å². The van der Waals surface area contributed by atoms with E-state index in [-0.39, 0.29) is 24.9 Å². The molecule has 1 aromatic rings. The average Bonchev–Trinajstić information content (AvgIpc) is 3.09. The van der Waals surface area contributed by atoms with Crippen molar-refractivity contribution in [3.63, 3.8) is 0 Å². The fourth-order valence-corrected chi connectivity index (χ4v) is 3.02. The Labute approximate surface area is 166 Å². The maximum Gasteiger partial charge on any atom is 0.410 e. The highest BCUT2D eigenvalue weighted by atomic mass is 16.6. The molecule has 1 fully saturated rings. The highest BCUT2D eigenvalue weighted by Gasteiger charge is 2.37. The Morgan fingerprint density at radius 1 is 1.21 bits per heavy atom. The molecule has 7 nitrogen and oxygen atoms in total. The molecule has 0 aromatic heterocycles. The first-order valence-corrected chi connectivity index (χ1v) is 9.65. The molecule has 1 aromatic carbocycles. The van der Waals surface area contributed by atoms with E-state index in [1.807, 2.05) is 30.3 Å². The van der Waals surface area contributed by atoms with Crippen molar-refractivity contribution in [1.29, 1.82) is 0 Å². The smallest absolute Gasteiger partial charge is 0.410 e. The third kappa shape index (κ3) is 6.87. The number of carbonyl (C=O) groups excluding carboxylic acids is 3. The molecule has 1 N–H and O–H groups in total. The minimum Gasteiger partial charge on any atom is -0.461 e. The number of likely N-dealkylation sites (tertiary alicyclic amines) is 1. The second-order valence-electron chi connectivity index (χ2n) is 8.09. The molecule has 0 saturated carbocycles. The van der Waals surface area contributed by atoms with E-state index < -0.39 is 23.8 Å². The summed E-state index contributed by atoms with van der Waals surface area (Å²) in [6.07, 6.45) is 0.902. The summed E-state index contributed by atoms with van der Waals surface area (Å²) in [5.41, 5.74) is 0.294. The molecule has 2 amide bonds. The Kier molecular flexibility index (Phi) is 7.43. The molecule has 154 valence electrons. The third-order valence-corrected chi connectivity index (χ3v) is 4.29. The molecule has 2 rings (SSSR count). The zero-order chi connectivity index (χ0) is 20.7. The maximum absolute atomic E-state index is 12.6. The summed E-state index contributed by atoms with van der Waals surface area (Å²) in [7, 11) is 0. The summed E-state index contributed by atoms with van der Waals surface area (Å²) >= 11 is 0. The predicted molar refractivity (Wildman–Crippen MR) is 104 cm³/mol. The number of amides is 2. The molecule has 7 heteroatoms. The number of benzene rings is 1. The SMILES string of the molecule is C[C@H](CC(=O)OCc1ccccc1)NC(=O)[C@H]1CCCN1C(=O)OC(C)(C)C. The lowest BCUT2D eigenvalue weighted by atomic mass is 10.1. The minimum atomic E-state index is -0.615. The van der Waals surface area contributed by atoms with E-state index in [9.17, 15) is 14.4 Å². The normalized spacial score (nSPS) is 17.7. The van der Waals surface area contributed by atoms with Gasteiger partial charge in [-0.1, -0.05) is 30.3 Å². The topological polar surface area (TPSA) is 84.9 Å². The lowest BCUT2D eigenvalue weighted by Crippen LogP contribution is -2.49. The van der Waals surface area contributed by atoms with Crippen LogP contribution in [0.5, 0.6) is 0 Å². The molecule has 1 aliphatic heterocycles. The first-order valence-electron chi connectivity index (χ1n) is 9.65. The molecule has 1 heterocycles. The summed E-state index contributed by atoms with van der Waals surface area (Å²) in [6.45, 7) is 7.81. The van der Waals surface area contributed by atoms with Crippen LogP contribution in [0.1, 0.15) is 52.5 Å². The lowest BCUT2D eigenvalue weighted by molar-refractivity contribution is -0.145. The Morgan fingerprint density at radius 3 is 2.54 bits per heavy atom. The van der Waals surface area contributed by atoms with Crippen LogP contribution in [-0.4, -0.2) is 47.1 Å². The number of nitrogens with zero attached hydrogens (tertiary/aromatic N) is 1. The standard InChI is InChI=1S/C21H30N2O5/c1-15(13-18(24)27-14-16-9-6-5-7-10-16)22-19(25)17-11-8-12-23(17)20(26)28-21(2,3)4/h5-7,9-10,15,17H,8,11-14H2,1-4H3,(H,22,25)/t15-,17-/m1/s1. The zero-order valence-corrected chi connectivity index (χ0v) is 17.1. The van der Waals surface area contributed by atoms with Crippen LogP contribution < -0.4 is 5.32 Å². The Bertz CT molecular complexity index is 684. The monoisotopic (exact) mass is 390 g/mol. The average molecular weight is 390 g/mol. The van der Waals surface area contributed by atoms with Crippen molar-refractivity contribution in [1.82, 2.24) is 10.2 Å². The lowest BCUT2D eigenvalue weighted by Gasteiger charge is -2.28. The van der Waals surface area contributed by atoms with Crippen LogP contribution in [-0.2, 0) is 25.7 Å². The molecule has 28 heavy (non-hydrogen) atoms. The van der Waals surface area contributed by atoms with E-state index in [0.717, 1.165) is 12.0 Å². The zero-order valence-electron chi connectivity index (χ0n) is 17.1. The van der Waals surface area contributed by atoms with Gasteiger partial charge in [0, 0.05) is 12.6 Å². The highest BCUT2D eigenvalue weighted by Crippen LogP contribution is 2.21. The fraction of sp³-hybridized carbons (Fsp3) is 0.571. The maximum atomic E-state index is 12.6. The van der Waals surface area contributed by atoms with Crippen LogP contribution in [0.15, 0.2) is 30.3 Å². The largest absolute Gasteiger partial charge is 0.461 e. The van der Waals surface area contributed by atoms with Crippen molar-refractivity contribution in [3.8, 4) is 0 Å². The van der Waals surface area contributed by atoms with Crippen LogP contribution in [0, 0.1) is 0 Å². The van der Waals surface area contributed by atoms with Gasteiger partial charge < -0.3 is 14.8 Å². The van der Waals surface area contributed by atoms with Gasteiger partial charge >= 0.3 is 12.1 Å². The van der Waals surface area contributed by atoms with E-state index in [4.69, 9.17) is 9.47 Å². The number of hydrogen-bond donors (Lipinski definition) is 1. The summed E-state index contributed by atoms with van der Waals surface area (Å²) < 4.78 is 10.6. The fourth-order valence-electron chi connectivity index (χ4n) is 3.02. The molecular weight excluding hydrogens is 360 g/mol. The van der Waals surface area contributed by atoms with Gasteiger partial charge in [-0.25, -0.2) is 4.79 Å². The van der Waals surface area contributed by atoms with Gasteiger partial charge in [0.1, 0.15) is 18.2 Å². The van der Waals surface area contributed by atoms with Crippen molar-refractivity contribution in [2.75, 3.05) is 6.54 Å². The Morgan fingerprint density at radius 2 is 1.89 bits per heavy atom. The molecule has 0 radical (unpaired) electrons. The van der Waals surface area contributed by atoms with Crippen molar-refractivity contribution in [2.24, 2.45) is 0 Å². The molecule has 2 atom stereocenters. The van der Waals surface area contributed by atoms with Gasteiger partial charge in [0.15, 0.2) is 0 Å². The second-order valence-corrected chi connectivity index (χ2v) is 8.09. The first-order chi connectivity index (χ1) is 13.2. The number of nitrogens with one attached hydrogen (secondary N) is 1.